The molecule has 4 fully saturated rings. The fourth-order valence-corrected chi connectivity index (χ4v) is 8.90. The molecule has 15 heteroatoms. The zero-order valence-corrected chi connectivity index (χ0v) is 30.7. The number of carboxylic acids is 1. The Morgan fingerprint density at radius 2 is 1.36 bits per heavy atom. The van der Waals surface area contributed by atoms with Gasteiger partial charge in [0.2, 0.25) is 29.5 Å². The zero-order valence-electron chi connectivity index (χ0n) is 29.8. The van der Waals surface area contributed by atoms with Crippen molar-refractivity contribution >= 4 is 47.3 Å². The highest BCUT2D eigenvalue weighted by Crippen LogP contribution is 2.58. The van der Waals surface area contributed by atoms with Crippen LogP contribution >= 0.6 is 11.8 Å². The minimum Gasteiger partial charge on any atom is -0.508 e. The molecule has 0 unspecified atom stereocenters. The van der Waals surface area contributed by atoms with Crippen molar-refractivity contribution in [2.24, 2.45) is 29.4 Å². The summed E-state index contributed by atoms with van der Waals surface area (Å²) in [5, 5.41) is 33.3. The summed E-state index contributed by atoms with van der Waals surface area (Å²) < 4.78 is 0. The molecular formula is C38H50N6O8S. The van der Waals surface area contributed by atoms with E-state index in [1.54, 1.807) is 36.4 Å². The third-order valence-corrected chi connectivity index (χ3v) is 11.5. The van der Waals surface area contributed by atoms with Gasteiger partial charge >= 0.3 is 5.97 Å². The van der Waals surface area contributed by atoms with Crippen molar-refractivity contribution in [2.75, 3.05) is 25.1 Å². The molecule has 0 aliphatic heterocycles. The Bertz CT molecular complexity index is 1610. The smallest absolute Gasteiger partial charge is 0.330 e. The van der Waals surface area contributed by atoms with E-state index in [1.807, 2.05) is 12.3 Å². The molecule has 53 heavy (non-hydrogen) atoms. The largest absolute Gasteiger partial charge is 0.508 e. The summed E-state index contributed by atoms with van der Waals surface area (Å²) in [6, 6.07) is 12.1. The van der Waals surface area contributed by atoms with Gasteiger partial charge in [-0.05, 0) is 104 Å². The lowest BCUT2D eigenvalue weighted by Gasteiger charge is -2.59. The predicted octanol–water partition coefficient (Wildman–Crippen LogP) is 0.856. The number of aliphatic carboxylic acids is 1. The lowest BCUT2D eigenvalue weighted by atomic mass is 9.48. The number of thioether (sulfide) groups is 1. The summed E-state index contributed by atoms with van der Waals surface area (Å²) in [6.45, 7) is -0.925. The first-order chi connectivity index (χ1) is 25.4. The second-order valence-corrected chi connectivity index (χ2v) is 15.6. The third kappa shape index (κ3) is 10.1. The highest BCUT2D eigenvalue weighted by molar-refractivity contribution is 7.98. The van der Waals surface area contributed by atoms with Gasteiger partial charge in [-0.3, -0.25) is 24.0 Å². The van der Waals surface area contributed by atoms with E-state index in [2.05, 4.69) is 26.6 Å². The number of phenolic OH excluding ortho intramolecular Hbond substituents is 1. The van der Waals surface area contributed by atoms with Gasteiger partial charge in [0.05, 0.1) is 19.1 Å². The molecule has 14 nitrogen and oxygen atoms in total. The summed E-state index contributed by atoms with van der Waals surface area (Å²) >= 11 is 1.49. The Hall–Kier alpha value is -4.63. The molecule has 0 saturated heterocycles. The maximum absolute atomic E-state index is 13.9. The number of nitrogens with one attached hydrogen (secondary N) is 5. The molecule has 0 radical (unpaired) electrons. The van der Waals surface area contributed by atoms with Crippen molar-refractivity contribution in [1.29, 1.82) is 0 Å². The van der Waals surface area contributed by atoms with Crippen molar-refractivity contribution in [3.05, 3.63) is 65.7 Å². The summed E-state index contributed by atoms with van der Waals surface area (Å²) in [7, 11) is 0. The average molecular weight is 751 g/mol. The number of aromatic hydroxyl groups is 1. The summed E-state index contributed by atoms with van der Waals surface area (Å²) in [5.41, 5.74) is 6.05. The second-order valence-electron chi connectivity index (χ2n) is 14.6. The number of amides is 5. The van der Waals surface area contributed by atoms with E-state index in [-0.39, 0.29) is 36.8 Å². The lowest BCUT2D eigenvalue weighted by molar-refractivity contribution is -0.168. The van der Waals surface area contributed by atoms with Crippen LogP contribution in [0.5, 0.6) is 5.75 Å². The van der Waals surface area contributed by atoms with Crippen LogP contribution in [0.3, 0.4) is 0 Å². The maximum atomic E-state index is 13.9. The van der Waals surface area contributed by atoms with Crippen molar-refractivity contribution < 1.29 is 39.0 Å². The molecule has 2 aromatic rings. The van der Waals surface area contributed by atoms with E-state index in [0.717, 1.165) is 43.2 Å². The van der Waals surface area contributed by atoms with Gasteiger partial charge < -0.3 is 42.5 Å². The van der Waals surface area contributed by atoms with Gasteiger partial charge in [0.15, 0.2) is 0 Å². The molecule has 0 aromatic heterocycles. The van der Waals surface area contributed by atoms with Crippen LogP contribution in [0.2, 0.25) is 0 Å². The van der Waals surface area contributed by atoms with Crippen molar-refractivity contribution in [2.45, 2.75) is 75.0 Å². The van der Waals surface area contributed by atoms with Crippen LogP contribution in [0.1, 0.15) is 49.7 Å². The van der Waals surface area contributed by atoms with E-state index in [0.29, 0.717) is 17.6 Å². The number of benzene rings is 2. The molecule has 9 N–H and O–H groups in total. The van der Waals surface area contributed by atoms with Gasteiger partial charge in [-0.15, -0.1) is 0 Å². The number of nitrogens with two attached hydrogens (primary N) is 1. The number of phenols is 1. The molecule has 4 bridgehead atoms. The molecule has 0 heterocycles. The Balaban J connectivity index is 1.18. The van der Waals surface area contributed by atoms with E-state index in [1.165, 1.54) is 23.9 Å². The molecule has 0 spiro atoms. The van der Waals surface area contributed by atoms with Crippen LogP contribution < -0.4 is 32.3 Å². The molecule has 6 rings (SSSR count). The van der Waals surface area contributed by atoms with E-state index in [9.17, 15) is 39.0 Å². The monoisotopic (exact) mass is 750 g/mol. The van der Waals surface area contributed by atoms with Gasteiger partial charge in [-0.25, -0.2) is 4.79 Å². The summed E-state index contributed by atoms with van der Waals surface area (Å²) in [4.78, 5) is 78.7. The second kappa shape index (κ2) is 17.9. The first-order valence-corrected chi connectivity index (χ1v) is 19.5. The molecule has 3 atom stereocenters. The SMILES string of the molecule is CSCC[C@H](NC(=O)[C@H](Cc1ccccc1)NC(=O)CNC(=O)CNC(=O)[C@@H](N)Cc1ccc(O)cc1)C(=O)NC1(C(=O)O)C2CC3CC(C2)CC1C3. The topological polar surface area (TPSA) is 229 Å². The van der Waals surface area contributed by atoms with Crippen LogP contribution in [0.25, 0.3) is 0 Å². The van der Waals surface area contributed by atoms with Gasteiger partial charge in [0.1, 0.15) is 23.4 Å². The number of hydrogen-bond donors (Lipinski definition) is 8. The quantitative estimate of drug-likeness (QED) is 0.107. The molecule has 4 saturated carbocycles. The highest BCUT2D eigenvalue weighted by atomic mass is 32.2. The fourth-order valence-electron chi connectivity index (χ4n) is 8.43. The molecule has 5 amide bonds. The summed E-state index contributed by atoms with van der Waals surface area (Å²) in [6.07, 6.45) is 6.59. The number of rotatable bonds is 18. The lowest BCUT2D eigenvalue weighted by Crippen LogP contribution is -2.71. The van der Waals surface area contributed by atoms with E-state index >= 15 is 0 Å². The standard InChI is InChI=1S/C38H50N6O8S/c1-53-12-11-30(36(50)44-38(37(51)52)26-14-24-13-25(16-26)17-27(38)15-24)43-35(49)31(19-22-5-3-2-4-6-22)42-33(47)21-40-32(46)20-41-34(48)29(39)18-23-7-9-28(45)10-8-23/h2-10,24-27,29-31,45H,11-21,39H2,1H3,(H,40,46)(H,41,48)(H,42,47)(H,43,49)(H,44,50)(H,51,52)/t24?,25?,26?,27?,29-,30-,31-,38?/m0/s1. The van der Waals surface area contributed by atoms with E-state index in [4.69, 9.17) is 5.73 Å². The Kier molecular flexibility index (Phi) is 13.4. The van der Waals surface area contributed by atoms with Gasteiger partial charge in [0.25, 0.3) is 0 Å². The predicted molar refractivity (Wildman–Crippen MR) is 198 cm³/mol. The number of carbonyl (C=O) groups is 6. The fraction of sp³-hybridized carbons (Fsp3) is 0.526. The molecule has 2 aromatic carbocycles. The minimum atomic E-state index is -1.38. The van der Waals surface area contributed by atoms with Crippen LogP contribution in [0, 0.1) is 23.7 Å². The number of carboxylic acid groups (broad SMARTS) is 1. The van der Waals surface area contributed by atoms with Crippen LogP contribution in [0.4, 0.5) is 0 Å². The van der Waals surface area contributed by atoms with Crippen LogP contribution in [-0.2, 0) is 41.6 Å². The Morgan fingerprint density at radius 1 is 0.755 bits per heavy atom. The maximum Gasteiger partial charge on any atom is 0.330 e. The molecule has 4 aliphatic carbocycles. The van der Waals surface area contributed by atoms with Crippen LogP contribution in [-0.4, -0.2) is 94.5 Å². The first kappa shape index (κ1) is 39.6. The molecule has 4 aliphatic rings. The number of hydrogen-bond acceptors (Lipinski definition) is 9. The van der Waals surface area contributed by atoms with E-state index < -0.39 is 72.3 Å². The van der Waals surface area contributed by atoms with Crippen molar-refractivity contribution in [3.63, 3.8) is 0 Å². The minimum absolute atomic E-state index is 0.0835. The van der Waals surface area contributed by atoms with Crippen LogP contribution in [0.15, 0.2) is 54.6 Å². The zero-order chi connectivity index (χ0) is 38.1. The Morgan fingerprint density at radius 3 is 1.96 bits per heavy atom. The first-order valence-electron chi connectivity index (χ1n) is 18.1. The number of carbonyl (C=O) groups excluding carboxylic acids is 5. The normalized spacial score (nSPS) is 24.3. The van der Waals surface area contributed by atoms with Gasteiger partial charge in [-0.2, -0.15) is 11.8 Å². The third-order valence-electron chi connectivity index (χ3n) is 10.9. The van der Waals surface area contributed by atoms with Crippen molar-refractivity contribution in [1.82, 2.24) is 26.6 Å². The van der Waals surface area contributed by atoms with Gasteiger partial charge in [0, 0.05) is 6.42 Å². The molecular weight excluding hydrogens is 701 g/mol. The molecule has 286 valence electrons. The average Bonchev–Trinajstić information content (AvgIpc) is 3.13. The summed E-state index contributed by atoms with van der Waals surface area (Å²) in [5.74, 6) is -2.84. The van der Waals surface area contributed by atoms with Gasteiger partial charge in [-0.1, -0.05) is 42.5 Å². The van der Waals surface area contributed by atoms with Crippen molar-refractivity contribution in [3.8, 4) is 5.75 Å². The highest BCUT2D eigenvalue weighted by Gasteiger charge is 2.62. The Labute approximate surface area is 313 Å².